The van der Waals surface area contributed by atoms with E-state index in [0.29, 0.717) is 19.5 Å². The molecule has 0 spiro atoms. The van der Waals surface area contributed by atoms with Crippen LogP contribution in [0.2, 0.25) is 5.22 Å². The number of amides is 2. The fraction of sp³-hybridized carbons (Fsp3) is 0.500. The molecule has 0 unspecified atom stereocenters. The van der Waals surface area contributed by atoms with E-state index in [1.807, 2.05) is 0 Å². The summed E-state index contributed by atoms with van der Waals surface area (Å²) in [5.41, 5.74) is 5.16. The topological polar surface area (TPSA) is 76.5 Å². The van der Waals surface area contributed by atoms with E-state index in [0.717, 1.165) is 12.8 Å². The molecule has 1 aliphatic rings. The maximum absolute atomic E-state index is 12.0. The molecular formula is C12H15ClN2O3. The van der Waals surface area contributed by atoms with Crippen molar-refractivity contribution in [1.82, 2.24) is 4.90 Å². The van der Waals surface area contributed by atoms with Crippen LogP contribution in [-0.4, -0.2) is 29.8 Å². The van der Waals surface area contributed by atoms with Crippen molar-refractivity contribution < 1.29 is 14.0 Å². The van der Waals surface area contributed by atoms with Crippen LogP contribution in [0.15, 0.2) is 16.5 Å². The first-order valence-corrected chi connectivity index (χ1v) is 6.27. The zero-order valence-electron chi connectivity index (χ0n) is 9.89. The first-order chi connectivity index (χ1) is 8.56. The van der Waals surface area contributed by atoms with Gasteiger partial charge >= 0.3 is 0 Å². The SMILES string of the molecule is NC(=O)CC1CCN(C(=O)c2ccc(Cl)o2)CC1. The van der Waals surface area contributed by atoms with Crippen molar-refractivity contribution in [1.29, 1.82) is 0 Å². The number of halogens is 1. The highest BCUT2D eigenvalue weighted by molar-refractivity contribution is 6.29. The Morgan fingerprint density at radius 1 is 1.39 bits per heavy atom. The Hall–Kier alpha value is -1.49. The first-order valence-electron chi connectivity index (χ1n) is 5.89. The Morgan fingerprint density at radius 2 is 2.06 bits per heavy atom. The molecule has 5 nitrogen and oxygen atoms in total. The average Bonchev–Trinajstić information content (AvgIpc) is 2.75. The van der Waals surface area contributed by atoms with Gasteiger partial charge in [0.25, 0.3) is 5.91 Å². The van der Waals surface area contributed by atoms with Gasteiger partial charge in [0, 0.05) is 19.5 Å². The maximum Gasteiger partial charge on any atom is 0.289 e. The summed E-state index contributed by atoms with van der Waals surface area (Å²) in [7, 11) is 0. The van der Waals surface area contributed by atoms with Gasteiger partial charge in [-0.2, -0.15) is 0 Å². The van der Waals surface area contributed by atoms with Crippen molar-refractivity contribution >= 4 is 23.4 Å². The summed E-state index contributed by atoms with van der Waals surface area (Å²) in [6, 6.07) is 3.12. The minimum absolute atomic E-state index is 0.153. The number of piperidine rings is 1. The van der Waals surface area contributed by atoms with Crippen LogP contribution < -0.4 is 5.73 Å². The van der Waals surface area contributed by atoms with Gasteiger partial charge in [0.2, 0.25) is 5.91 Å². The highest BCUT2D eigenvalue weighted by Crippen LogP contribution is 2.22. The van der Waals surface area contributed by atoms with Crippen molar-refractivity contribution in [3.05, 3.63) is 23.1 Å². The first kappa shape index (κ1) is 13.0. The van der Waals surface area contributed by atoms with Crippen LogP contribution in [0.4, 0.5) is 0 Å². The third-order valence-corrected chi connectivity index (χ3v) is 3.38. The molecule has 18 heavy (non-hydrogen) atoms. The van der Waals surface area contributed by atoms with E-state index >= 15 is 0 Å². The second-order valence-corrected chi connectivity index (χ2v) is 4.88. The third-order valence-electron chi connectivity index (χ3n) is 3.18. The molecule has 1 saturated heterocycles. The highest BCUT2D eigenvalue weighted by Gasteiger charge is 2.26. The summed E-state index contributed by atoms with van der Waals surface area (Å²) in [4.78, 5) is 24.6. The third kappa shape index (κ3) is 3.04. The van der Waals surface area contributed by atoms with Crippen molar-refractivity contribution in [3.8, 4) is 0 Å². The number of furan rings is 1. The summed E-state index contributed by atoms with van der Waals surface area (Å²) in [5, 5.41) is 0.210. The fourth-order valence-corrected chi connectivity index (χ4v) is 2.36. The molecule has 1 aromatic rings. The molecule has 1 aromatic heterocycles. The van der Waals surface area contributed by atoms with Crippen LogP contribution in [0.1, 0.15) is 29.8 Å². The van der Waals surface area contributed by atoms with Crippen LogP contribution in [-0.2, 0) is 4.79 Å². The van der Waals surface area contributed by atoms with E-state index in [2.05, 4.69) is 0 Å². The number of nitrogens with two attached hydrogens (primary N) is 1. The van der Waals surface area contributed by atoms with Crippen LogP contribution in [0, 0.1) is 5.92 Å². The molecule has 98 valence electrons. The van der Waals surface area contributed by atoms with Gasteiger partial charge in [-0.25, -0.2) is 0 Å². The van der Waals surface area contributed by atoms with E-state index in [1.165, 1.54) is 0 Å². The molecule has 2 N–H and O–H groups in total. The van der Waals surface area contributed by atoms with E-state index in [-0.39, 0.29) is 28.7 Å². The van der Waals surface area contributed by atoms with Gasteiger partial charge in [-0.1, -0.05) is 0 Å². The van der Waals surface area contributed by atoms with Gasteiger partial charge in [0.15, 0.2) is 11.0 Å². The lowest BCUT2D eigenvalue weighted by atomic mass is 9.93. The Kier molecular flexibility index (Phi) is 3.91. The molecule has 0 saturated carbocycles. The largest absolute Gasteiger partial charge is 0.440 e. The summed E-state index contributed by atoms with van der Waals surface area (Å²) >= 11 is 5.64. The minimum atomic E-state index is -0.280. The smallest absolute Gasteiger partial charge is 0.289 e. The average molecular weight is 271 g/mol. The van der Waals surface area contributed by atoms with Gasteiger partial charge < -0.3 is 15.1 Å². The van der Waals surface area contributed by atoms with E-state index in [1.54, 1.807) is 17.0 Å². The van der Waals surface area contributed by atoms with E-state index in [4.69, 9.17) is 21.8 Å². The summed E-state index contributed by atoms with van der Waals surface area (Å²) in [6.07, 6.45) is 1.99. The molecule has 1 fully saturated rings. The second kappa shape index (κ2) is 5.44. The van der Waals surface area contributed by atoms with Crippen LogP contribution in [0.25, 0.3) is 0 Å². The van der Waals surface area contributed by atoms with Gasteiger partial charge in [-0.3, -0.25) is 9.59 Å². The summed E-state index contributed by atoms with van der Waals surface area (Å²) < 4.78 is 5.09. The number of nitrogens with zero attached hydrogens (tertiary/aromatic N) is 1. The highest BCUT2D eigenvalue weighted by atomic mass is 35.5. The van der Waals surface area contributed by atoms with Crippen molar-refractivity contribution in [2.24, 2.45) is 11.7 Å². The monoisotopic (exact) mass is 270 g/mol. The number of rotatable bonds is 3. The molecule has 0 radical (unpaired) electrons. The zero-order valence-corrected chi connectivity index (χ0v) is 10.7. The van der Waals surface area contributed by atoms with Crippen LogP contribution in [0.5, 0.6) is 0 Å². The molecule has 0 atom stereocenters. The minimum Gasteiger partial charge on any atom is -0.440 e. The van der Waals surface area contributed by atoms with E-state index < -0.39 is 0 Å². The van der Waals surface area contributed by atoms with E-state index in [9.17, 15) is 9.59 Å². The van der Waals surface area contributed by atoms with Crippen LogP contribution >= 0.6 is 11.6 Å². The molecule has 0 aliphatic carbocycles. The van der Waals surface area contributed by atoms with Crippen LogP contribution in [0.3, 0.4) is 0 Å². The zero-order chi connectivity index (χ0) is 13.1. The number of carbonyl (C=O) groups is 2. The predicted molar refractivity (Wildman–Crippen MR) is 66.2 cm³/mol. The number of hydrogen-bond donors (Lipinski definition) is 1. The number of likely N-dealkylation sites (tertiary alicyclic amines) is 1. The Balaban J connectivity index is 1.90. The second-order valence-electron chi connectivity index (χ2n) is 4.51. The Labute approximate surface area is 110 Å². The lowest BCUT2D eigenvalue weighted by Gasteiger charge is -2.30. The quantitative estimate of drug-likeness (QED) is 0.907. The number of hydrogen-bond acceptors (Lipinski definition) is 3. The molecule has 0 aromatic carbocycles. The Morgan fingerprint density at radius 3 is 2.56 bits per heavy atom. The van der Waals surface area contributed by atoms with Gasteiger partial charge in [-0.15, -0.1) is 0 Å². The molecule has 2 heterocycles. The fourth-order valence-electron chi connectivity index (χ4n) is 2.21. The van der Waals surface area contributed by atoms with Gasteiger partial charge in [0.1, 0.15) is 0 Å². The van der Waals surface area contributed by atoms with Gasteiger partial charge in [0.05, 0.1) is 0 Å². The normalized spacial score (nSPS) is 16.8. The lowest BCUT2D eigenvalue weighted by molar-refractivity contribution is -0.119. The van der Waals surface area contributed by atoms with Crippen molar-refractivity contribution in [2.75, 3.05) is 13.1 Å². The van der Waals surface area contributed by atoms with Crippen molar-refractivity contribution in [3.63, 3.8) is 0 Å². The standard InChI is InChI=1S/C12H15ClN2O3/c13-10-2-1-9(18-10)12(17)15-5-3-8(4-6-15)7-11(14)16/h1-2,8H,3-7H2,(H2,14,16). The molecule has 6 heteroatoms. The molecule has 2 amide bonds. The predicted octanol–water partition coefficient (Wildman–Crippen LogP) is 1.66. The Bertz CT molecular complexity index is 450. The molecular weight excluding hydrogens is 256 g/mol. The number of primary amides is 1. The maximum atomic E-state index is 12.0. The number of carbonyl (C=O) groups excluding carboxylic acids is 2. The van der Waals surface area contributed by atoms with Gasteiger partial charge in [-0.05, 0) is 42.5 Å². The molecule has 2 rings (SSSR count). The summed E-state index contributed by atoms with van der Waals surface area (Å²) in [5.74, 6) is 0.108. The lowest BCUT2D eigenvalue weighted by Crippen LogP contribution is -2.39. The molecule has 1 aliphatic heterocycles. The van der Waals surface area contributed by atoms with Crippen molar-refractivity contribution in [2.45, 2.75) is 19.3 Å². The summed E-state index contributed by atoms with van der Waals surface area (Å²) in [6.45, 7) is 1.24. The molecule has 0 bridgehead atoms.